The van der Waals surface area contributed by atoms with E-state index in [-0.39, 0.29) is 55.1 Å². The van der Waals surface area contributed by atoms with Gasteiger partial charge in [0.05, 0.1) is 37.6 Å². The molecule has 20 nitrogen and oxygen atoms in total. The Hall–Kier alpha value is 1.31. The van der Waals surface area contributed by atoms with Crippen LogP contribution in [0.25, 0.3) is 0 Å². The molecule has 68 heavy (non-hydrogen) atoms. The van der Waals surface area contributed by atoms with Crippen molar-refractivity contribution in [3.8, 4) is 0 Å². The largest absolute Gasteiger partial charge is 0.394 e. The first-order valence-electron chi connectivity index (χ1n) is 22.7. The lowest BCUT2D eigenvalue weighted by molar-refractivity contribution is -0.223. The summed E-state index contributed by atoms with van der Waals surface area (Å²) in [6.07, 6.45) is -2.00. The number of ketones is 1. The molecule has 7 saturated heterocycles. The maximum Gasteiger partial charge on any atom is 0.184 e. The molecule has 24 heteroatoms. The summed E-state index contributed by atoms with van der Waals surface area (Å²) in [4.78, 5) is 11.7. The molecule has 7 heterocycles. The van der Waals surface area contributed by atoms with E-state index < -0.39 is 91.4 Å². The van der Waals surface area contributed by atoms with Gasteiger partial charge in [-0.3, -0.25) is 4.79 Å². The van der Waals surface area contributed by atoms with Crippen molar-refractivity contribution >= 4 is 96.1 Å². The summed E-state index contributed by atoms with van der Waals surface area (Å²) in [5.74, 6) is -2.41. The van der Waals surface area contributed by atoms with Crippen molar-refractivity contribution in [2.45, 2.75) is 236 Å². The van der Waals surface area contributed by atoms with E-state index >= 15 is 0 Å². The van der Waals surface area contributed by atoms with Gasteiger partial charge in [0.1, 0.15) is 61.0 Å². The van der Waals surface area contributed by atoms with E-state index in [0.29, 0.717) is 12.8 Å². The number of rotatable bonds is 11. The summed E-state index contributed by atoms with van der Waals surface area (Å²) >= 11 is 9.00. The van der Waals surface area contributed by atoms with Gasteiger partial charge >= 0.3 is 0 Å². The Kier molecular flexibility index (Phi) is 26.1. The van der Waals surface area contributed by atoms with Gasteiger partial charge in [0.25, 0.3) is 0 Å². The van der Waals surface area contributed by atoms with Crippen LogP contribution in [0.3, 0.4) is 0 Å². The molecule has 7 rings (SSSR count). The van der Waals surface area contributed by atoms with Gasteiger partial charge in [-0.1, -0.05) is 32.9 Å². The zero-order chi connectivity index (χ0) is 51.7. The molecule has 7 fully saturated rings. The third-order valence-corrected chi connectivity index (χ3v) is 13.0. The lowest BCUT2D eigenvalue weighted by Gasteiger charge is -2.21. The Labute approximate surface area is 454 Å². The number of halogens is 4. The standard InChI is InChI=1S/C11H18I2O3.C11H16I2O3.C9H16O4.C8H14O5.C5H10O5/c2*1-4-7(14)10-8(5-6-9(12)13)15-11(2,3)16-10;1-4-5-6-7(8(10)11-5)13-9(2,3)12-6;1-8(2)12-5-4(3-9)11-7(10)6(5)13-8;6-1-2-3(7)4(8)5(9)10-2/h6-8,10,14H,4-5H2,1-3H3;6,8,10H,4-5H2,1-3H3;5-8,10H,4H2,1-3H3;4-7,9-10H,3H2,1-2H3;2-9H,1H2/t7?,8-,10+;8-,10+;5?,6-,7-,8?;4?,5-,6-,7?;/m0011./s1. The van der Waals surface area contributed by atoms with Crippen molar-refractivity contribution in [2.24, 2.45) is 0 Å². The van der Waals surface area contributed by atoms with Crippen molar-refractivity contribution in [1.29, 1.82) is 0 Å². The van der Waals surface area contributed by atoms with E-state index in [1.807, 2.05) is 62.3 Å². The molecule has 0 aliphatic carbocycles. The summed E-state index contributed by atoms with van der Waals surface area (Å²) in [7, 11) is 0. The van der Waals surface area contributed by atoms with E-state index in [4.69, 9.17) is 72.9 Å². The van der Waals surface area contributed by atoms with Crippen LogP contribution in [-0.2, 0) is 56.9 Å². The molecule has 17 atom stereocenters. The Morgan fingerprint density at radius 1 is 0.529 bits per heavy atom. The Morgan fingerprint density at radius 3 is 1.35 bits per heavy atom. The van der Waals surface area contributed by atoms with Crippen molar-refractivity contribution in [3.05, 3.63) is 15.3 Å². The molecule has 0 aromatic heterocycles. The first-order chi connectivity index (χ1) is 31.4. The molecule has 0 radical (unpaired) electrons. The number of carbonyl (C=O) groups is 1. The third kappa shape index (κ3) is 18.8. The molecule has 0 saturated carbocycles. The number of carbonyl (C=O) groups excluding carboxylic acids is 1. The van der Waals surface area contributed by atoms with Crippen LogP contribution in [0.1, 0.15) is 108 Å². The molecular formula is C44H74I4O20. The minimum Gasteiger partial charge on any atom is -0.394 e. The fourth-order valence-corrected chi connectivity index (χ4v) is 9.19. The number of fused-ring (bicyclic) bond motifs is 2. The lowest BCUT2D eigenvalue weighted by atomic mass is 10.0. The van der Waals surface area contributed by atoms with E-state index in [1.165, 1.54) is 3.17 Å². The third-order valence-electron chi connectivity index (χ3n) is 11.2. The quantitative estimate of drug-likeness (QED) is 0.134. The number of aliphatic hydroxyl groups is 8. The Morgan fingerprint density at radius 2 is 0.941 bits per heavy atom. The highest BCUT2D eigenvalue weighted by atomic mass is 127. The molecule has 0 aromatic carbocycles. The maximum absolute atomic E-state index is 11.7. The van der Waals surface area contributed by atoms with Crippen molar-refractivity contribution in [3.63, 3.8) is 0 Å². The van der Waals surface area contributed by atoms with Gasteiger partial charge in [0.2, 0.25) is 0 Å². The number of Topliss-reactive ketones (excluding diaryl/α,β-unsaturated/α-hetero) is 1. The van der Waals surface area contributed by atoms with Gasteiger partial charge in [0.15, 0.2) is 47.8 Å². The highest BCUT2D eigenvalue weighted by Gasteiger charge is 2.55. The van der Waals surface area contributed by atoms with Gasteiger partial charge < -0.3 is 93.0 Å². The van der Waals surface area contributed by atoms with Crippen LogP contribution in [-0.4, -0.2) is 187 Å². The lowest BCUT2D eigenvalue weighted by Crippen LogP contribution is -2.34. The topological polar surface area (TPSA) is 280 Å². The maximum atomic E-state index is 11.7. The smallest absolute Gasteiger partial charge is 0.184 e. The monoisotopic (exact) mass is 1430 g/mol. The minimum absolute atomic E-state index is 0.0400. The van der Waals surface area contributed by atoms with Crippen LogP contribution >= 0.6 is 90.4 Å². The predicted octanol–water partition coefficient (Wildman–Crippen LogP) is 4.23. The molecule has 9 unspecified atom stereocenters. The number of ether oxygens (including phenoxy) is 11. The van der Waals surface area contributed by atoms with Gasteiger partial charge in [-0.2, -0.15) is 0 Å². The highest BCUT2D eigenvalue weighted by molar-refractivity contribution is 14.2. The molecule has 0 bridgehead atoms. The number of aliphatic hydroxyl groups excluding tert-OH is 8. The molecule has 7 aliphatic rings. The molecule has 8 N–H and O–H groups in total. The minimum atomic E-state index is -1.38. The SMILES string of the molecule is CC1(C)O[C@@H]2C(CO)OC(O)[C@@H]2O1.CCC(=O)[C@H]1OC(C)(C)O[C@H]1CC=C(I)I.CCC(O)[C@H]1OC(C)(C)O[C@H]1CC=C(I)I.CCC1OC(O)[C@@H]2OC(C)(C)O[C@H]12.OCC1OC(O)C(O)C1O. The average Bonchev–Trinajstić information content (AvgIpc) is 4.10. The first kappa shape index (κ1) is 63.6. The van der Waals surface area contributed by atoms with Crippen LogP contribution in [0.15, 0.2) is 15.3 Å². The van der Waals surface area contributed by atoms with E-state index in [1.54, 1.807) is 13.8 Å². The summed E-state index contributed by atoms with van der Waals surface area (Å²) in [6.45, 7) is 20.0. The van der Waals surface area contributed by atoms with Crippen LogP contribution in [0.5, 0.6) is 0 Å². The predicted molar refractivity (Wildman–Crippen MR) is 277 cm³/mol. The van der Waals surface area contributed by atoms with E-state index in [9.17, 15) is 20.1 Å². The summed E-state index contributed by atoms with van der Waals surface area (Å²) in [5.41, 5.74) is 0. The summed E-state index contributed by atoms with van der Waals surface area (Å²) < 4.78 is 62.2. The van der Waals surface area contributed by atoms with Gasteiger partial charge in [-0.05, 0) is 171 Å². The second-order valence-electron chi connectivity index (χ2n) is 18.6. The highest BCUT2D eigenvalue weighted by Crippen LogP contribution is 2.40. The summed E-state index contributed by atoms with van der Waals surface area (Å²) in [6, 6.07) is 0. The normalized spacial score (nSPS) is 39.0. The fraction of sp³-hybridized carbons (Fsp3) is 0.886. The molecule has 0 aromatic rings. The molecule has 398 valence electrons. The summed E-state index contributed by atoms with van der Waals surface area (Å²) in [5, 5.41) is 72.7. The number of hydrogen-bond acceptors (Lipinski definition) is 20. The second-order valence-corrected chi connectivity index (χ2v) is 27.3. The van der Waals surface area contributed by atoms with Crippen LogP contribution < -0.4 is 0 Å². The Bertz CT molecular complexity index is 1570. The van der Waals surface area contributed by atoms with Crippen LogP contribution in [0.4, 0.5) is 0 Å². The van der Waals surface area contributed by atoms with Gasteiger partial charge in [-0.15, -0.1) is 0 Å². The molecule has 0 spiro atoms. The first-order valence-corrected chi connectivity index (χ1v) is 27.0. The number of hydrogen-bond donors (Lipinski definition) is 8. The molecular weight excluding hydrogens is 1360 g/mol. The average molecular weight is 1430 g/mol. The van der Waals surface area contributed by atoms with Gasteiger partial charge in [-0.25, -0.2) is 0 Å². The fourth-order valence-electron chi connectivity index (χ4n) is 8.17. The van der Waals surface area contributed by atoms with Crippen LogP contribution in [0, 0.1) is 0 Å². The zero-order valence-electron chi connectivity index (χ0n) is 40.4. The van der Waals surface area contributed by atoms with Gasteiger partial charge in [0, 0.05) is 9.59 Å². The van der Waals surface area contributed by atoms with Crippen molar-refractivity contribution in [1.82, 2.24) is 0 Å². The molecule has 7 aliphatic heterocycles. The molecule has 0 amide bonds. The zero-order valence-corrected chi connectivity index (χ0v) is 49.0. The van der Waals surface area contributed by atoms with Crippen LogP contribution in [0.2, 0.25) is 0 Å². The van der Waals surface area contributed by atoms with Crippen molar-refractivity contribution in [2.75, 3.05) is 13.2 Å². The van der Waals surface area contributed by atoms with E-state index in [0.717, 1.165) is 19.3 Å². The second kappa shape index (κ2) is 27.9. The Balaban J connectivity index is 0.000000227. The van der Waals surface area contributed by atoms with E-state index in [2.05, 4.69) is 107 Å². The van der Waals surface area contributed by atoms with Crippen molar-refractivity contribution < 1.29 is 97.8 Å².